The summed E-state index contributed by atoms with van der Waals surface area (Å²) in [5.74, 6) is 0.857. The molecule has 0 saturated heterocycles. The number of hydrogen-bond acceptors (Lipinski definition) is 2. The van der Waals surface area contributed by atoms with Crippen LogP contribution in [0.5, 0.6) is 5.75 Å². The van der Waals surface area contributed by atoms with Crippen molar-refractivity contribution in [1.29, 1.82) is 0 Å². The molecule has 3 nitrogen and oxygen atoms in total. The number of carbonyl (C=O) groups excluding carboxylic acids is 1. The van der Waals surface area contributed by atoms with Crippen molar-refractivity contribution >= 4 is 5.91 Å². The summed E-state index contributed by atoms with van der Waals surface area (Å²) in [4.78, 5) is 13.9. The molecule has 0 bridgehead atoms. The van der Waals surface area contributed by atoms with Gasteiger partial charge in [0, 0.05) is 19.2 Å². The zero-order chi connectivity index (χ0) is 14.5. The van der Waals surface area contributed by atoms with Gasteiger partial charge in [-0.25, -0.2) is 0 Å². The van der Waals surface area contributed by atoms with Gasteiger partial charge in [-0.3, -0.25) is 4.79 Å². The van der Waals surface area contributed by atoms with Gasteiger partial charge in [0.15, 0.2) is 0 Å². The van der Waals surface area contributed by atoms with Crippen molar-refractivity contribution in [3.05, 3.63) is 29.8 Å². The average molecular weight is 263 g/mol. The van der Waals surface area contributed by atoms with Crippen LogP contribution in [0.15, 0.2) is 24.3 Å². The van der Waals surface area contributed by atoms with Crippen molar-refractivity contribution in [3.8, 4) is 5.75 Å². The van der Waals surface area contributed by atoms with E-state index < -0.39 is 0 Å². The van der Waals surface area contributed by atoms with E-state index in [0.717, 1.165) is 25.1 Å². The van der Waals surface area contributed by atoms with E-state index in [2.05, 4.69) is 6.92 Å². The fraction of sp³-hybridized carbons (Fsp3) is 0.562. The molecule has 0 aliphatic rings. The molecule has 106 valence electrons. The van der Waals surface area contributed by atoms with Crippen LogP contribution in [0.1, 0.15) is 50.9 Å². The third-order valence-corrected chi connectivity index (χ3v) is 2.72. The predicted octanol–water partition coefficient (Wildman–Crippen LogP) is 3.74. The maximum absolute atomic E-state index is 12.1. The van der Waals surface area contributed by atoms with Crippen LogP contribution in [0.4, 0.5) is 0 Å². The van der Waals surface area contributed by atoms with Gasteiger partial charge in [0.2, 0.25) is 0 Å². The van der Waals surface area contributed by atoms with E-state index in [1.807, 2.05) is 52.1 Å². The molecule has 1 aromatic rings. The van der Waals surface area contributed by atoms with Crippen molar-refractivity contribution in [2.75, 3.05) is 13.6 Å². The van der Waals surface area contributed by atoms with Gasteiger partial charge in [-0.1, -0.05) is 13.3 Å². The monoisotopic (exact) mass is 263 g/mol. The molecule has 0 radical (unpaired) electrons. The molecule has 19 heavy (non-hydrogen) atoms. The molecule has 1 amide bonds. The Kier molecular flexibility index (Phi) is 5.40. The number of carbonyl (C=O) groups is 1. The first-order chi connectivity index (χ1) is 8.83. The Labute approximate surface area is 116 Å². The van der Waals surface area contributed by atoms with Crippen LogP contribution >= 0.6 is 0 Å². The van der Waals surface area contributed by atoms with Gasteiger partial charge in [-0.2, -0.15) is 0 Å². The highest BCUT2D eigenvalue weighted by Gasteiger charge is 2.14. The second-order valence-electron chi connectivity index (χ2n) is 5.82. The van der Waals surface area contributed by atoms with Crippen LogP contribution in [-0.4, -0.2) is 30.0 Å². The molecule has 3 heteroatoms. The SMILES string of the molecule is CCCCN(C)C(=O)c1ccc(OC(C)(C)C)cc1. The molecule has 1 rings (SSSR count). The zero-order valence-corrected chi connectivity index (χ0v) is 12.7. The Balaban J connectivity index is 2.68. The zero-order valence-electron chi connectivity index (χ0n) is 12.7. The second-order valence-corrected chi connectivity index (χ2v) is 5.82. The lowest BCUT2D eigenvalue weighted by Gasteiger charge is -2.21. The Morgan fingerprint density at radius 1 is 1.21 bits per heavy atom. The van der Waals surface area contributed by atoms with Crippen molar-refractivity contribution in [2.45, 2.75) is 46.1 Å². The van der Waals surface area contributed by atoms with E-state index in [1.165, 1.54) is 0 Å². The standard InChI is InChI=1S/C16H25NO2/c1-6-7-12-17(5)15(18)13-8-10-14(11-9-13)19-16(2,3)4/h8-11H,6-7,12H2,1-5H3. The molecule has 0 atom stereocenters. The van der Waals surface area contributed by atoms with E-state index in [9.17, 15) is 4.79 Å². The van der Waals surface area contributed by atoms with Crippen LogP contribution in [-0.2, 0) is 0 Å². The molecule has 0 heterocycles. The molecule has 0 saturated carbocycles. The van der Waals surface area contributed by atoms with Gasteiger partial charge < -0.3 is 9.64 Å². The van der Waals surface area contributed by atoms with Crippen LogP contribution in [0, 0.1) is 0 Å². The first-order valence-corrected chi connectivity index (χ1v) is 6.88. The normalized spacial score (nSPS) is 11.2. The van der Waals surface area contributed by atoms with Crippen LogP contribution in [0.3, 0.4) is 0 Å². The molecule has 0 aliphatic heterocycles. The summed E-state index contributed by atoms with van der Waals surface area (Å²) in [5.41, 5.74) is 0.489. The summed E-state index contributed by atoms with van der Waals surface area (Å²) >= 11 is 0. The summed E-state index contributed by atoms with van der Waals surface area (Å²) in [6, 6.07) is 7.36. The van der Waals surface area contributed by atoms with Gasteiger partial charge in [-0.05, 0) is 51.5 Å². The van der Waals surface area contributed by atoms with Crippen molar-refractivity contribution < 1.29 is 9.53 Å². The van der Waals surface area contributed by atoms with Gasteiger partial charge >= 0.3 is 0 Å². The minimum absolute atomic E-state index is 0.0655. The molecule has 0 unspecified atom stereocenters. The van der Waals surface area contributed by atoms with E-state index >= 15 is 0 Å². The van der Waals surface area contributed by atoms with Crippen LogP contribution in [0.2, 0.25) is 0 Å². The fourth-order valence-corrected chi connectivity index (χ4v) is 1.74. The molecular weight excluding hydrogens is 238 g/mol. The predicted molar refractivity (Wildman–Crippen MR) is 78.7 cm³/mol. The van der Waals surface area contributed by atoms with Gasteiger partial charge in [0.25, 0.3) is 5.91 Å². The maximum atomic E-state index is 12.1. The first kappa shape index (κ1) is 15.5. The average Bonchev–Trinajstić information content (AvgIpc) is 2.34. The van der Waals surface area contributed by atoms with Crippen molar-refractivity contribution in [1.82, 2.24) is 4.90 Å². The minimum Gasteiger partial charge on any atom is -0.488 e. The Hall–Kier alpha value is -1.51. The Morgan fingerprint density at radius 2 is 1.79 bits per heavy atom. The largest absolute Gasteiger partial charge is 0.488 e. The number of benzene rings is 1. The third kappa shape index (κ3) is 5.33. The number of amides is 1. The topological polar surface area (TPSA) is 29.5 Å². The maximum Gasteiger partial charge on any atom is 0.253 e. The van der Waals surface area contributed by atoms with Crippen molar-refractivity contribution in [3.63, 3.8) is 0 Å². The van der Waals surface area contributed by atoms with E-state index in [4.69, 9.17) is 4.74 Å². The summed E-state index contributed by atoms with van der Waals surface area (Å²) in [6.45, 7) is 8.94. The molecule has 0 aliphatic carbocycles. The number of nitrogens with zero attached hydrogens (tertiary/aromatic N) is 1. The summed E-state index contributed by atoms with van der Waals surface area (Å²) in [6.07, 6.45) is 2.13. The summed E-state index contributed by atoms with van der Waals surface area (Å²) in [5, 5.41) is 0. The van der Waals surface area contributed by atoms with E-state index in [1.54, 1.807) is 4.90 Å². The number of unbranched alkanes of at least 4 members (excludes halogenated alkanes) is 1. The minimum atomic E-state index is -0.219. The quantitative estimate of drug-likeness (QED) is 0.810. The summed E-state index contributed by atoms with van der Waals surface area (Å²) in [7, 11) is 1.84. The first-order valence-electron chi connectivity index (χ1n) is 6.88. The fourth-order valence-electron chi connectivity index (χ4n) is 1.74. The van der Waals surface area contributed by atoms with Crippen LogP contribution < -0.4 is 4.74 Å². The number of hydrogen-bond donors (Lipinski definition) is 0. The second kappa shape index (κ2) is 6.60. The van der Waals surface area contributed by atoms with Gasteiger partial charge in [0.1, 0.15) is 11.4 Å². The number of rotatable bonds is 5. The molecule has 0 aromatic heterocycles. The molecule has 0 spiro atoms. The highest BCUT2D eigenvalue weighted by Crippen LogP contribution is 2.19. The van der Waals surface area contributed by atoms with E-state index in [-0.39, 0.29) is 11.5 Å². The van der Waals surface area contributed by atoms with Gasteiger partial charge in [-0.15, -0.1) is 0 Å². The van der Waals surface area contributed by atoms with Crippen molar-refractivity contribution in [2.24, 2.45) is 0 Å². The molecule has 0 fully saturated rings. The van der Waals surface area contributed by atoms with Crippen LogP contribution in [0.25, 0.3) is 0 Å². The Bertz CT molecular complexity index is 404. The molecular formula is C16H25NO2. The molecule has 0 N–H and O–H groups in total. The van der Waals surface area contributed by atoms with E-state index in [0.29, 0.717) is 5.56 Å². The highest BCUT2D eigenvalue weighted by atomic mass is 16.5. The lowest BCUT2D eigenvalue weighted by atomic mass is 10.1. The molecule has 1 aromatic carbocycles. The lowest BCUT2D eigenvalue weighted by molar-refractivity contribution is 0.0793. The lowest BCUT2D eigenvalue weighted by Crippen LogP contribution is -2.27. The highest BCUT2D eigenvalue weighted by molar-refractivity contribution is 5.94. The Morgan fingerprint density at radius 3 is 2.26 bits per heavy atom. The number of ether oxygens (including phenoxy) is 1. The third-order valence-electron chi connectivity index (χ3n) is 2.72. The summed E-state index contributed by atoms with van der Waals surface area (Å²) < 4.78 is 5.74. The smallest absolute Gasteiger partial charge is 0.253 e. The van der Waals surface area contributed by atoms with Gasteiger partial charge in [0.05, 0.1) is 0 Å².